The highest BCUT2D eigenvalue weighted by Gasteiger charge is 2.23. The summed E-state index contributed by atoms with van der Waals surface area (Å²) in [5.41, 5.74) is 1.23. The van der Waals surface area contributed by atoms with Crippen molar-refractivity contribution in [2.45, 2.75) is 32.1 Å². The van der Waals surface area contributed by atoms with E-state index in [0.29, 0.717) is 29.5 Å². The van der Waals surface area contributed by atoms with E-state index in [1.165, 1.54) is 38.6 Å². The summed E-state index contributed by atoms with van der Waals surface area (Å²) in [5, 5.41) is 12.3. The number of piperazine rings is 1. The molecule has 0 bridgehead atoms. The molecule has 0 radical (unpaired) electrons. The Labute approximate surface area is 160 Å². The quantitative estimate of drug-likeness (QED) is 0.790. The molecular weight excluding hydrogens is 342 g/mol. The molecular formula is C19H29N7O. The Morgan fingerprint density at radius 2 is 1.78 bits per heavy atom. The molecule has 2 aromatic rings. The Balaban J connectivity index is 1.43. The Kier molecular flexibility index (Phi) is 5.94. The minimum absolute atomic E-state index is 0.0426. The van der Waals surface area contributed by atoms with Crippen molar-refractivity contribution in [2.24, 2.45) is 5.92 Å². The van der Waals surface area contributed by atoms with E-state index in [4.69, 9.17) is 5.11 Å². The summed E-state index contributed by atoms with van der Waals surface area (Å²) < 4.78 is 0. The van der Waals surface area contributed by atoms with Crippen LogP contribution in [0.2, 0.25) is 0 Å². The van der Waals surface area contributed by atoms with Gasteiger partial charge in [0.15, 0.2) is 17.0 Å². The highest BCUT2D eigenvalue weighted by atomic mass is 16.3. The van der Waals surface area contributed by atoms with Crippen LogP contribution < -0.4 is 10.2 Å². The van der Waals surface area contributed by atoms with Crippen molar-refractivity contribution in [3.63, 3.8) is 0 Å². The fourth-order valence-electron chi connectivity index (χ4n) is 4.16. The van der Waals surface area contributed by atoms with E-state index in [1.807, 2.05) is 0 Å². The predicted molar refractivity (Wildman–Crippen MR) is 106 cm³/mol. The van der Waals surface area contributed by atoms with Gasteiger partial charge in [-0.25, -0.2) is 9.97 Å². The number of aliphatic hydroxyl groups is 1. The highest BCUT2D eigenvalue weighted by molar-refractivity contribution is 5.83. The Morgan fingerprint density at radius 1 is 1.00 bits per heavy atom. The molecule has 8 nitrogen and oxygen atoms in total. The minimum Gasteiger partial charge on any atom is -0.395 e. The van der Waals surface area contributed by atoms with E-state index in [1.54, 1.807) is 12.4 Å². The molecule has 1 saturated heterocycles. The third-order valence-corrected chi connectivity index (χ3v) is 5.62. The highest BCUT2D eigenvalue weighted by Crippen LogP contribution is 2.25. The number of nitrogens with zero attached hydrogens (tertiary/aromatic N) is 6. The molecule has 1 saturated carbocycles. The maximum atomic E-state index is 9.12. The monoisotopic (exact) mass is 371 g/mol. The zero-order chi connectivity index (χ0) is 18.5. The number of hydrogen-bond acceptors (Lipinski definition) is 8. The summed E-state index contributed by atoms with van der Waals surface area (Å²) in [7, 11) is 0. The topological polar surface area (TPSA) is 90.3 Å². The van der Waals surface area contributed by atoms with Crippen molar-refractivity contribution in [3.05, 3.63) is 12.4 Å². The summed E-state index contributed by atoms with van der Waals surface area (Å²) in [6, 6.07) is 0. The molecule has 2 aromatic heterocycles. The second-order valence-electron chi connectivity index (χ2n) is 7.54. The number of aromatic nitrogens is 4. The van der Waals surface area contributed by atoms with Gasteiger partial charge in [0.1, 0.15) is 0 Å². The van der Waals surface area contributed by atoms with Crippen LogP contribution in [0.15, 0.2) is 12.4 Å². The van der Waals surface area contributed by atoms with E-state index < -0.39 is 0 Å². The van der Waals surface area contributed by atoms with Crippen LogP contribution in [0.3, 0.4) is 0 Å². The van der Waals surface area contributed by atoms with Gasteiger partial charge in [0.25, 0.3) is 0 Å². The average Bonchev–Trinajstić information content (AvgIpc) is 2.73. The smallest absolute Gasteiger partial charge is 0.229 e. The van der Waals surface area contributed by atoms with Crippen molar-refractivity contribution in [1.82, 2.24) is 24.8 Å². The van der Waals surface area contributed by atoms with E-state index in [9.17, 15) is 0 Å². The van der Waals surface area contributed by atoms with Crippen molar-refractivity contribution in [1.29, 1.82) is 0 Å². The van der Waals surface area contributed by atoms with E-state index in [0.717, 1.165) is 32.1 Å². The van der Waals surface area contributed by atoms with Crippen LogP contribution in [-0.2, 0) is 0 Å². The Hall–Kier alpha value is -2.06. The molecule has 8 heteroatoms. The van der Waals surface area contributed by atoms with Crippen molar-refractivity contribution >= 4 is 22.9 Å². The molecule has 1 aliphatic heterocycles. The summed E-state index contributed by atoms with van der Waals surface area (Å²) in [5.74, 6) is 2.22. The molecule has 0 atom stereocenters. The molecule has 0 unspecified atom stereocenters. The maximum Gasteiger partial charge on any atom is 0.229 e. The summed E-state index contributed by atoms with van der Waals surface area (Å²) in [6.45, 7) is 5.67. The van der Waals surface area contributed by atoms with Crippen LogP contribution in [-0.4, -0.2) is 75.8 Å². The molecule has 0 spiro atoms. The first-order valence-electron chi connectivity index (χ1n) is 10.1. The van der Waals surface area contributed by atoms with Gasteiger partial charge in [0.05, 0.1) is 6.61 Å². The van der Waals surface area contributed by atoms with E-state index in [2.05, 4.69) is 35.1 Å². The minimum atomic E-state index is 0.0426. The fourth-order valence-corrected chi connectivity index (χ4v) is 4.16. The standard InChI is InChI=1S/C19H29N7O/c27-13-8-22-18-16-17(21-7-6-20-16)23-19(24-18)26-11-9-25(10-12-26)14-15-4-2-1-3-5-15/h6-7,15,27H,1-5,8-14H2,(H,21,22,23,24). The number of aliphatic hydroxyl groups excluding tert-OH is 1. The van der Waals surface area contributed by atoms with Crippen molar-refractivity contribution < 1.29 is 5.11 Å². The Bertz CT molecular complexity index is 742. The number of fused-ring (bicyclic) bond motifs is 1. The number of nitrogens with one attached hydrogen (secondary N) is 1. The van der Waals surface area contributed by atoms with Gasteiger partial charge in [0, 0.05) is 51.7 Å². The largest absolute Gasteiger partial charge is 0.395 e. The van der Waals surface area contributed by atoms with Crippen molar-refractivity contribution in [2.75, 3.05) is 56.1 Å². The molecule has 0 amide bonds. The summed E-state index contributed by atoms with van der Waals surface area (Å²) in [6.07, 6.45) is 10.3. The maximum absolute atomic E-state index is 9.12. The molecule has 4 rings (SSSR count). The van der Waals surface area contributed by atoms with Crippen LogP contribution in [0.25, 0.3) is 11.2 Å². The molecule has 27 heavy (non-hydrogen) atoms. The first-order chi connectivity index (χ1) is 13.3. The number of anilines is 2. The van der Waals surface area contributed by atoms with Gasteiger partial charge in [0.2, 0.25) is 5.95 Å². The first-order valence-corrected chi connectivity index (χ1v) is 10.1. The predicted octanol–water partition coefficient (Wildman–Crippen LogP) is 1.53. The van der Waals surface area contributed by atoms with Crippen LogP contribution in [0, 0.1) is 5.92 Å². The van der Waals surface area contributed by atoms with Gasteiger partial charge in [-0.3, -0.25) is 4.90 Å². The lowest BCUT2D eigenvalue weighted by molar-refractivity contribution is 0.191. The van der Waals surface area contributed by atoms with Crippen LogP contribution >= 0.6 is 0 Å². The fraction of sp³-hybridized carbons (Fsp3) is 0.684. The molecule has 146 valence electrons. The van der Waals surface area contributed by atoms with Crippen molar-refractivity contribution in [3.8, 4) is 0 Å². The SMILES string of the molecule is OCCNc1nc(N2CCN(CC3CCCCC3)CC2)nc2nccnc12. The second-order valence-corrected chi connectivity index (χ2v) is 7.54. The molecule has 0 aromatic carbocycles. The molecule has 2 N–H and O–H groups in total. The van der Waals surface area contributed by atoms with Gasteiger partial charge in [-0.15, -0.1) is 0 Å². The molecule has 2 aliphatic rings. The van der Waals surface area contributed by atoms with Gasteiger partial charge < -0.3 is 15.3 Å². The zero-order valence-corrected chi connectivity index (χ0v) is 15.8. The van der Waals surface area contributed by atoms with Crippen LogP contribution in [0.1, 0.15) is 32.1 Å². The number of hydrogen-bond donors (Lipinski definition) is 2. The summed E-state index contributed by atoms with van der Waals surface area (Å²) >= 11 is 0. The first kappa shape index (κ1) is 18.3. The zero-order valence-electron chi connectivity index (χ0n) is 15.8. The lowest BCUT2D eigenvalue weighted by atomic mass is 9.89. The molecule has 2 fully saturated rings. The van der Waals surface area contributed by atoms with E-state index >= 15 is 0 Å². The normalized spacial score (nSPS) is 19.5. The lowest BCUT2D eigenvalue weighted by Gasteiger charge is -2.37. The van der Waals surface area contributed by atoms with E-state index in [-0.39, 0.29) is 6.61 Å². The third-order valence-electron chi connectivity index (χ3n) is 5.62. The second kappa shape index (κ2) is 8.75. The molecule has 3 heterocycles. The third kappa shape index (κ3) is 4.44. The van der Waals surface area contributed by atoms with Gasteiger partial charge in [-0.1, -0.05) is 19.3 Å². The molecule has 1 aliphatic carbocycles. The van der Waals surface area contributed by atoms with Gasteiger partial charge in [-0.2, -0.15) is 9.97 Å². The lowest BCUT2D eigenvalue weighted by Crippen LogP contribution is -2.48. The van der Waals surface area contributed by atoms with Gasteiger partial charge >= 0.3 is 0 Å². The number of rotatable bonds is 6. The Morgan fingerprint density at radius 3 is 2.56 bits per heavy atom. The van der Waals surface area contributed by atoms with Gasteiger partial charge in [-0.05, 0) is 18.8 Å². The average molecular weight is 371 g/mol. The van der Waals surface area contributed by atoms with Crippen LogP contribution in [0.5, 0.6) is 0 Å². The summed E-state index contributed by atoms with van der Waals surface area (Å²) in [4.78, 5) is 22.8. The van der Waals surface area contributed by atoms with Crippen LogP contribution in [0.4, 0.5) is 11.8 Å².